The maximum Gasteiger partial charge on any atom is 0.248 e. The number of nitrogens with zero attached hydrogens (tertiary/aromatic N) is 1. The molecule has 0 saturated heterocycles. The Kier molecular flexibility index (Phi) is 5.39. The fraction of sp³-hybridized carbons (Fsp3) is 0.333. The van der Waals surface area contributed by atoms with E-state index in [-0.39, 0.29) is 24.0 Å². The predicted octanol–water partition coefficient (Wildman–Crippen LogP) is 0.841. The lowest BCUT2D eigenvalue weighted by molar-refractivity contribution is 0.1000. The van der Waals surface area contributed by atoms with E-state index >= 15 is 0 Å². The zero-order chi connectivity index (χ0) is 12.3. The van der Waals surface area contributed by atoms with Gasteiger partial charge >= 0.3 is 0 Å². The van der Waals surface area contributed by atoms with Crippen LogP contribution in [-0.4, -0.2) is 24.5 Å². The van der Waals surface area contributed by atoms with Crippen molar-refractivity contribution in [1.29, 1.82) is 0 Å². The lowest BCUT2D eigenvalue weighted by Crippen LogP contribution is -2.37. The van der Waals surface area contributed by atoms with E-state index < -0.39 is 5.91 Å². The van der Waals surface area contributed by atoms with Crippen LogP contribution < -0.4 is 16.4 Å². The van der Waals surface area contributed by atoms with Gasteiger partial charge in [0.05, 0.1) is 6.54 Å². The molecule has 1 aliphatic heterocycles. The molecule has 5 nitrogen and oxygen atoms in total. The van der Waals surface area contributed by atoms with Crippen LogP contribution in [0, 0.1) is 0 Å². The highest BCUT2D eigenvalue weighted by Crippen LogP contribution is 2.04. The first kappa shape index (κ1) is 14.7. The first-order valence-electron chi connectivity index (χ1n) is 5.59. The van der Waals surface area contributed by atoms with Gasteiger partial charge in [-0.25, -0.2) is 0 Å². The predicted molar refractivity (Wildman–Crippen MR) is 82.1 cm³/mol. The highest BCUT2D eigenvalue weighted by Gasteiger charge is 2.11. The van der Waals surface area contributed by atoms with Crippen molar-refractivity contribution in [3.05, 3.63) is 35.4 Å². The summed E-state index contributed by atoms with van der Waals surface area (Å²) < 4.78 is 0. The van der Waals surface area contributed by atoms with E-state index in [0.29, 0.717) is 18.2 Å². The van der Waals surface area contributed by atoms with Crippen molar-refractivity contribution in [1.82, 2.24) is 10.6 Å². The van der Waals surface area contributed by atoms with Gasteiger partial charge in [0, 0.05) is 18.2 Å². The van der Waals surface area contributed by atoms with Gasteiger partial charge in [-0.05, 0) is 24.6 Å². The van der Waals surface area contributed by atoms with Crippen LogP contribution in [-0.2, 0) is 6.54 Å². The van der Waals surface area contributed by atoms with E-state index in [9.17, 15) is 4.79 Å². The van der Waals surface area contributed by atoms with Gasteiger partial charge in [0.25, 0.3) is 0 Å². The zero-order valence-electron chi connectivity index (χ0n) is 10.1. The SMILES string of the molecule is CC1CN=C(NCc2cccc(C(N)=O)c2)N1.I. The van der Waals surface area contributed by atoms with Crippen LogP contribution in [0.4, 0.5) is 0 Å². The molecule has 0 aromatic heterocycles. The molecule has 1 aliphatic rings. The van der Waals surface area contributed by atoms with E-state index in [2.05, 4.69) is 22.5 Å². The monoisotopic (exact) mass is 360 g/mol. The standard InChI is InChI=1S/C12H16N4O.HI/c1-8-6-14-12(16-8)15-7-9-3-2-4-10(5-9)11(13)17;/h2-5,8H,6-7H2,1H3,(H2,13,17)(H2,14,15,16);1H. The minimum absolute atomic E-state index is 0. The Morgan fingerprint density at radius 2 is 2.39 bits per heavy atom. The highest BCUT2D eigenvalue weighted by atomic mass is 127. The summed E-state index contributed by atoms with van der Waals surface area (Å²) in [5.41, 5.74) is 6.76. The van der Waals surface area contributed by atoms with Crippen molar-refractivity contribution < 1.29 is 4.79 Å². The molecule has 0 bridgehead atoms. The fourth-order valence-corrected chi connectivity index (χ4v) is 1.68. The molecule has 0 spiro atoms. The maximum absolute atomic E-state index is 11.0. The molecule has 1 amide bonds. The molecule has 4 N–H and O–H groups in total. The van der Waals surface area contributed by atoms with Gasteiger partial charge in [0.2, 0.25) is 5.91 Å². The number of hydrogen-bond acceptors (Lipinski definition) is 4. The number of guanidine groups is 1. The molecule has 1 heterocycles. The van der Waals surface area contributed by atoms with Gasteiger partial charge in [-0.3, -0.25) is 9.79 Å². The second kappa shape index (κ2) is 6.58. The number of amides is 1. The minimum Gasteiger partial charge on any atom is -0.366 e. The van der Waals surface area contributed by atoms with E-state index in [4.69, 9.17) is 5.73 Å². The third kappa shape index (κ3) is 3.86. The van der Waals surface area contributed by atoms with E-state index in [1.807, 2.05) is 12.1 Å². The number of primary amides is 1. The molecule has 0 aliphatic carbocycles. The number of carbonyl (C=O) groups excluding carboxylic acids is 1. The summed E-state index contributed by atoms with van der Waals surface area (Å²) in [6.45, 7) is 3.50. The molecule has 0 fully saturated rings. The van der Waals surface area contributed by atoms with Crippen molar-refractivity contribution in [3.8, 4) is 0 Å². The summed E-state index contributed by atoms with van der Waals surface area (Å²) in [4.78, 5) is 15.3. The first-order chi connectivity index (χ1) is 8.15. The van der Waals surface area contributed by atoms with Crippen molar-refractivity contribution >= 4 is 35.8 Å². The molecule has 1 aromatic carbocycles. The van der Waals surface area contributed by atoms with Crippen LogP contribution in [0.1, 0.15) is 22.8 Å². The zero-order valence-corrected chi connectivity index (χ0v) is 12.5. The molecule has 18 heavy (non-hydrogen) atoms. The molecule has 0 radical (unpaired) electrons. The molecular formula is C12H17IN4O. The summed E-state index contributed by atoms with van der Waals surface area (Å²) in [6, 6.07) is 7.64. The number of benzene rings is 1. The molecule has 1 atom stereocenters. The Morgan fingerprint density at radius 3 is 3.00 bits per heavy atom. The topological polar surface area (TPSA) is 79.5 Å². The Balaban J connectivity index is 0.00000162. The molecule has 1 unspecified atom stereocenters. The molecule has 1 aromatic rings. The van der Waals surface area contributed by atoms with Gasteiger partial charge in [-0.2, -0.15) is 0 Å². The number of aliphatic imine (C=N–C) groups is 1. The lowest BCUT2D eigenvalue weighted by Gasteiger charge is -2.09. The maximum atomic E-state index is 11.0. The molecule has 2 rings (SSSR count). The van der Waals surface area contributed by atoms with Gasteiger partial charge in [-0.15, -0.1) is 24.0 Å². The van der Waals surface area contributed by atoms with Crippen LogP contribution in [0.25, 0.3) is 0 Å². The second-order valence-corrected chi connectivity index (χ2v) is 4.15. The summed E-state index contributed by atoms with van der Waals surface area (Å²) in [6.07, 6.45) is 0. The van der Waals surface area contributed by atoms with Gasteiger partial charge < -0.3 is 16.4 Å². The number of rotatable bonds is 3. The number of hydrogen-bond donors (Lipinski definition) is 3. The van der Waals surface area contributed by atoms with Crippen molar-refractivity contribution in [2.24, 2.45) is 10.7 Å². The molecular weight excluding hydrogens is 343 g/mol. The summed E-state index contributed by atoms with van der Waals surface area (Å²) >= 11 is 0. The Morgan fingerprint density at radius 1 is 1.61 bits per heavy atom. The minimum atomic E-state index is -0.406. The normalized spacial score (nSPS) is 17.4. The molecule has 98 valence electrons. The smallest absolute Gasteiger partial charge is 0.248 e. The van der Waals surface area contributed by atoms with Gasteiger partial charge in [0.15, 0.2) is 5.96 Å². The van der Waals surface area contributed by atoms with Crippen LogP contribution in [0.5, 0.6) is 0 Å². The summed E-state index contributed by atoms with van der Waals surface area (Å²) in [5.74, 6) is 0.402. The van der Waals surface area contributed by atoms with Crippen molar-refractivity contribution in [2.75, 3.05) is 6.54 Å². The molecule has 0 saturated carbocycles. The Labute approximate surface area is 123 Å². The summed E-state index contributed by atoms with van der Waals surface area (Å²) in [5, 5.41) is 6.39. The highest BCUT2D eigenvalue weighted by molar-refractivity contribution is 14.0. The third-order valence-electron chi connectivity index (χ3n) is 2.58. The van der Waals surface area contributed by atoms with Crippen LogP contribution in [0.2, 0.25) is 0 Å². The van der Waals surface area contributed by atoms with Crippen LogP contribution >= 0.6 is 24.0 Å². The number of halogens is 1. The summed E-state index contributed by atoms with van der Waals surface area (Å²) in [7, 11) is 0. The number of carbonyl (C=O) groups is 1. The van der Waals surface area contributed by atoms with E-state index in [0.717, 1.165) is 18.1 Å². The lowest BCUT2D eigenvalue weighted by atomic mass is 10.1. The van der Waals surface area contributed by atoms with E-state index in [1.54, 1.807) is 12.1 Å². The van der Waals surface area contributed by atoms with E-state index in [1.165, 1.54) is 0 Å². The number of nitrogens with two attached hydrogens (primary N) is 1. The number of nitrogens with one attached hydrogen (secondary N) is 2. The van der Waals surface area contributed by atoms with Crippen LogP contribution in [0.3, 0.4) is 0 Å². The van der Waals surface area contributed by atoms with Crippen LogP contribution in [0.15, 0.2) is 29.3 Å². The first-order valence-corrected chi connectivity index (χ1v) is 5.59. The Bertz CT molecular complexity index is 461. The van der Waals surface area contributed by atoms with Crippen molar-refractivity contribution in [3.63, 3.8) is 0 Å². The Hall–Kier alpha value is -1.31. The van der Waals surface area contributed by atoms with Gasteiger partial charge in [-0.1, -0.05) is 12.1 Å². The van der Waals surface area contributed by atoms with Gasteiger partial charge in [0.1, 0.15) is 0 Å². The third-order valence-corrected chi connectivity index (χ3v) is 2.58. The molecule has 6 heteroatoms. The average Bonchev–Trinajstić information content (AvgIpc) is 2.73. The largest absolute Gasteiger partial charge is 0.366 e. The second-order valence-electron chi connectivity index (χ2n) is 4.15. The van der Waals surface area contributed by atoms with Crippen molar-refractivity contribution in [2.45, 2.75) is 19.5 Å². The average molecular weight is 360 g/mol. The quantitative estimate of drug-likeness (QED) is 0.699. The fourth-order valence-electron chi connectivity index (χ4n) is 1.68.